The van der Waals surface area contributed by atoms with Crippen molar-refractivity contribution < 1.29 is 108 Å². The minimum atomic E-state index is -4.52. The number of carbonyl (C=O) groups excluding carboxylic acids is 7. The molecule has 3 spiro atoms. The summed E-state index contributed by atoms with van der Waals surface area (Å²) in [5.41, 5.74) is 0.564. The lowest BCUT2D eigenvalue weighted by atomic mass is 9.89. The number of rotatable bonds is 14. The van der Waals surface area contributed by atoms with Crippen LogP contribution in [-0.2, 0) is 104 Å². The summed E-state index contributed by atoms with van der Waals surface area (Å²) in [6.07, 6.45) is 1.18. The van der Waals surface area contributed by atoms with Crippen LogP contribution in [0.2, 0.25) is 0 Å². The van der Waals surface area contributed by atoms with Crippen molar-refractivity contribution in [1.29, 1.82) is 0 Å². The second-order valence-corrected chi connectivity index (χ2v) is 49.0. The summed E-state index contributed by atoms with van der Waals surface area (Å²) in [5, 5.41) is 2.91. The smallest absolute Gasteiger partial charge is 0.425 e. The minimum absolute atomic E-state index is 0. The van der Waals surface area contributed by atoms with Crippen molar-refractivity contribution in [2.24, 2.45) is 20.7 Å². The Morgan fingerprint density at radius 1 is 0.434 bits per heavy atom. The number of sulfone groups is 3. The van der Waals surface area contributed by atoms with Gasteiger partial charge in [0, 0.05) is 93.8 Å². The first-order chi connectivity index (χ1) is 61.5. The average molecular weight is 1980 g/mol. The van der Waals surface area contributed by atoms with Crippen LogP contribution < -0.4 is 11.1 Å². The van der Waals surface area contributed by atoms with Gasteiger partial charge in [0.1, 0.15) is 91.1 Å². The first-order valence-corrected chi connectivity index (χ1v) is 50.6. The number of imide groups is 2. The maximum absolute atomic E-state index is 15.7. The van der Waals surface area contributed by atoms with Gasteiger partial charge in [-0.2, -0.15) is 18.4 Å². The number of carbonyl (C=O) groups is 7. The van der Waals surface area contributed by atoms with Crippen molar-refractivity contribution in [1.82, 2.24) is 38.7 Å². The predicted molar refractivity (Wildman–Crippen MR) is 511 cm³/mol. The number of hydrogen-bond donors (Lipinski definition) is 2. The van der Waals surface area contributed by atoms with Gasteiger partial charge in [-0.15, -0.1) is 0 Å². The van der Waals surface area contributed by atoms with E-state index in [2.05, 4.69) is 65.8 Å². The number of nitrogens with two attached hydrogens (primary N) is 1. The highest BCUT2D eigenvalue weighted by atomic mass is 32.2. The number of benzene rings is 3. The summed E-state index contributed by atoms with van der Waals surface area (Å²) in [6.45, 7) is 29.7. The van der Waals surface area contributed by atoms with E-state index in [0.29, 0.717) is 26.5 Å². The first kappa shape index (κ1) is 112. The number of pyridine rings is 3. The van der Waals surface area contributed by atoms with E-state index in [0.717, 1.165) is 49.9 Å². The molecule has 4 amide bonds. The number of aromatic nitrogens is 3. The maximum atomic E-state index is 15.7. The van der Waals surface area contributed by atoms with E-state index >= 15 is 8.78 Å². The fourth-order valence-electron chi connectivity index (χ4n) is 14.9. The minimum Gasteiger partial charge on any atom is -0.443 e. The molecule has 3 aromatic heterocycles. The molecule has 0 bridgehead atoms. The number of aryl methyl sites for hydroxylation is 3. The number of halogens is 3. The number of ketones is 3. The molecule has 736 valence electrons. The van der Waals surface area contributed by atoms with Gasteiger partial charge >= 0.3 is 24.4 Å². The Morgan fingerprint density at radius 3 is 0.941 bits per heavy atom. The summed E-state index contributed by atoms with van der Waals surface area (Å²) < 4.78 is 196. The fourth-order valence-corrected chi connectivity index (χ4v) is 24.0. The molecule has 12 rings (SSSR count). The molecule has 6 aromatic rings. The van der Waals surface area contributed by atoms with E-state index in [9.17, 15) is 80.0 Å². The average Bonchev–Trinajstić information content (AvgIpc) is 0.684. The molecular formula is C95H119F3N12O21S5. The van der Waals surface area contributed by atoms with Gasteiger partial charge in [0.25, 0.3) is 0 Å². The monoisotopic (exact) mass is 1980 g/mol. The summed E-state index contributed by atoms with van der Waals surface area (Å²) in [7, 11) is -20.2. The number of hydrogen-bond acceptors (Lipinski definition) is 29. The van der Waals surface area contributed by atoms with Gasteiger partial charge < -0.3 is 30.0 Å². The second kappa shape index (κ2) is 41.0. The number of Topliss-reactive ketones (excluding diaryl/α,β-unsaturated/α-hetero) is 3. The Balaban J connectivity index is 0.000000268. The second-order valence-electron chi connectivity index (χ2n) is 38.1. The van der Waals surface area contributed by atoms with Crippen LogP contribution in [0, 0.1) is 73.7 Å². The van der Waals surface area contributed by atoms with Crippen LogP contribution in [0.25, 0.3) is 0 Å². The summed E-state index contributed by atoms with van der Waals surface area (Å²) in [6, 6.07) is 21.8. The number of ether oxygens (including phenoxy) is 4. The van der Waals surface area contributed by atoms with Gasteiger partial charge in [-0.1, -0.05) is 63.1 Å². The number of nitrogens with one attached hydrogen (secondary N) is 1. The third-order valence-corrected chi connectivity index (χ3v) is 31.9. The molecule has 3 atom stereocenters. The number of sulfonamides is 2. The molecule has 3 aromatic carbocycles. The Bertz CT molecular complexity index is 6520. The lowest BCUT2D eigenvalue weighted by Crippen LogP contribution is -2.77. The van der Waals surface area contributed by atoms with Gasteiger partial charge in [0.15, 0.2) is 61.1 Å². The summed E-state index contributed by atoms with van der Waals surface area (Å²) >= 11 is 0. The zero-order valence-electron chi connectivity index (χ0n) is 78.7. The lowest BCUT2D eigenvalue weighted by Gasteiger charge is -2.53. The van der Waals surface area contributed by atoms with Crippen molar-refractivity contribution in [3.8, 4) is 35.5 Å². The highest BCUT2D eigenvalue weighted by Gasteiger charge is 2.68. The molecule has 0 aliphatic carbocycles. The standard InChI is InChI=1S/C32H41FN4O9S2.C31H39FN4O7S.C22H25FN4O5S2.C8H6.2CH4/c1-20-10-13-24(34-16-20)25(38)15-21-11-12-23(33)22(14-21)31(8)19-48(43,44)32(17-36(18-32)47(9,41)42)26(35-31)37(27(39)45-29(2,3)4)28(40)46-30(5,6)7;1-19-9-12-23(34-15-19)24(37)14-20-10-11-22(32)21(13-20)30(8)18-44(40,41)31(16-33-17-31)25(35-30)36(26(38)42-28(2,3)4)27(39)43-29(5,6)7;1-14-4-7-18(25-10-14)19(28)9-15-5-6-17(23)16(8-15)21(2)13-34(31,32)22(20(24)26-21)11-27(12-22)33(3,29)30;1-3-5-7-8-6-4-2;;/h10-14,16H,15,17-19H2,1-9H3;9-13,15,33H,14,16-18H2,1-8H3;4-8,10H,9,11-13H2,1-3H3,(H2,24,26);1-2H3;2*1H4/t31-;30-;21-;;;/m000.../s1. The van der Waals surface area contributed by atoms with Crippen molar-refractivity contribution in [2.75, 3.05) is 69.0 Å². The highest BCUT2D eigenvalue weighted by Crippen LogP contribution is 2.48. The first-order valence-electron chi connectivity index (χ1n) is 42.0. The maximum Gasteiger partial charge on any atom is 0.425 e. The van der Waals surface area contributed by atoms with Gasteiger partial charge in [0.2, 0.25) is 20.0 Å². The van der Waals surface area contributed by atoms with E-state index in [-0.39, 0.29) is 117 Å². The third-order valence-electron chi connectivity index (χ3n) is 21.7. The van der Waals surface area contributed by atoms with Crippen LogP contribution in [-0.4, -0.2) is 240 Å². The molecule has 41 heteroatoms. The molecule has 0 radical (unpaired) electrons. The molecule has 3 saturated heterocycles. The van der Waals surface area contributed by atoms with Crippen LogP contribution in [0.1, 0.15) is 214 Å². The van der Waals surface area contributed by atoms with E-state index < -0.39 is 187 Å². The van der Waals surface area contributed by atoms with Crippen molar-refractivity contribution in [3.05, 3.63) is 194 Å². The van der Waals surface area contributed by atoms with E-state index in [1.54, 1.807) is 104 Å². The molecule has 3 N–H and O–H groups in total. The van der Waals surface area contributed by atoms with Crippen LogP contribution in [0.15, 0.2) is 125 Å². The third kappa shape index (κ3) is 25.5. The van der Waals surface area contributed by atoms with Gasteiger partial charge in [-0.3, -0.25) is 44.3 Å². The van der Waals surface area contributed by atoms with Crippen LogP contribution in [0.3, 0.4) is 0 Å². The fraction of sp³-hybridized carbons (Fsp3) is 0.484. The SMILES string of the molecule is C.C.CC#CC#CC#CC.Cc1ccc(C(=O)Cc2ccc(F)c([C@]3(C)CS(=O)(=O)C4(CN(S(C)(=O)=O)C4)C(N(C(=O)OC(C)(C)C)C(=O)OC(C)(C)C)=N3)c2)nc1.Cc1ccc(C(=O)Cc2ccc(F)c([C@]3(C)CS(=O)(=O)C4(CN(S(C)(=O)=O)C4)C(N)=N3)c2)nc1.Cc1ccc(C(=O)Cc2ccc(F)c([C@]3(C)CS(=O)(=O)C4(CNC4)C(N(C(=O)OC(C)(C)C)C(=O)OC(C)(C)C)=N3)c2)nc1. The van der Waals surface area contributed by atoms with Crippen molar-refractivity contribution >= 4 is 109 Å². The topological polar surface area (TPSA) is 454 Å². The molecule has 3 fully saturated rings. The zero-order chi connectivity index (χ0) is 100. The number of nitrogens with zero attached hydrogens (tertiary/aromatic N) is 10. The van der Waals surface area contributed by atoms with Gasteiger partial charge in [0.05, 0.1) is 29.8 Å². The Morgan fingerprint density at radius 2 is 0.699 bits per heavy atom. The van der Waals surface area contributed by atoms with E-state index in [4.69, 9.17) is 29.7 Å². The zero-order valence-corrected chi connectivity index (χ0v) is 82.8. The largest absolute Gasteiger partial charge is 0.443 e. The van der Waals surface area contributed by atoms with Crippen LogP contribution >= 0.6 is 0 Å². The summed E-state index contributed by atoms with van der Waals surface area (Å²) in [4.78, 5) is 120. The molecule has 9 heterocycles. The highest BCUT2D eigenvalue weighted by molar-refractivity contribution is 7.95. The van der Waals surface area contributed by atoms with Crippen molar-refractivity contribution in [2.45, 2.75) is 226 Å². The molecule has 136 heavy (non-hydrogen) atoms. The lowest BCUT2D eigenvalue weighted by molar-refractivity contribution is 0.0110. The van der Waals surface area contributed by atoms with Crippen LogP contribution in [0.4, 0.5) is 32.3 Å². The van der Waals surface area contributed by atoms with Gasteiger partial charge in [-0.05, 0) is 250 Å². The van der Waals surface area contributed by atoms with E-state index in [1.807, 2.05) is 20.8 Å². The Kier molecular flexibility index (Phi) is 33.7. The molecule has 6 aliphatic heterocycles. The van der Waals surface area contributed by atoms with Crippen molar-refractivity contribution in [3.63, 3.8) is 0 Å². The molecule has 0 saturated carbocycles. The van der Waals surface area contributed by atoms with Gasteiger partial charge in [-0.25, -0.2) is 74.4 Å². The Labute approximate surface area is 795 Å². The molecule has 33 nitrogen and oxygen atoms in total. The van der Waals surface area contributed by atoms with Crippen LogP contribution in [0.5, 0.6) is 0 Å². The number of aliphatic imine (C=N–C) groups is 3. The quantitative estimate of drug-likeness (QED) is 0.0581. The summed E-state index contributed by atoms with van der Waals surface area (Å²) in [5.74, 6) is 8.96. The predicted octanol–water partition coefficient (Wildman–Crippen LogP) is 12.0. The van der Waals surface area contributed by atoms with E-state index in [1.165, 1.54) is 111 Å². The molecule has 0 unspecified atom stereocenters. The number of amides is 4. The number of amidine groups is 3. The Hall–Kier alpha value is -11.5. The molecule has 6 aliphatic rings. The normalized spacial score (nSPS) is 20.2. The molecular weight excluding hydrogens is 1860 g/mol.